The van der Waals surface area contributed by atoms with E-state index in [0.717, 1.165) is 35.9 Å². The van der Waals surface area contributed by atoms with Gasteiger partial charge in [0.15, 0.2) is 0 Å². The molecule has 0 saturated carbocycles. The van der Waals surface area contributed by atoms with Crippen molar-refractivity contribution in [1.29, 1.82) is 0 Å². The summed E-state index contributed by atoms with van der Waals surface area (Å²) in [5, 5.41) is 0. The van der Waals surface area contributed by atoms with Crippen LogP contribution in [0.15, 0.2) is 23.9 Å². The van der Waals surface area contributed by atoms with Crippen LogP contribution in [-0.4, -0.2) is 84.0 Å². The highest BCUT2D eigenvalue weighted by molar-refractivity contribution is 7.89. The highest BCUT2D eigenvalue weighted by atomic mass is 32.2. The van der Waals surface area contributed by atoms with Gasteiger partial charge in [-0.15, -0.1) is 0 Å². The molecule has 1 aromatic rings. The summed E-state index contributed by atoms with van der Waals surface area (Å²) in [5.74, 6) is -1.33. The van der Waals surface area contributed by atoms with Crippen molar-refractivity contribution in [2.24, 2.45) is 18.9 Å². The van der Waals surface area contributed by atoms with Gasteiger partial charge in [0.25, 0.3) is 5.91 Å². The number of hydrogen-bond acceptors (Lipinski definition) is 6. The van der Waals surface area contributed by atoms with E-state index in [1.54, 1.807) is 11.0 Å². The molecule has 0 aliphatic carbocycles. The van der Waals surface area contributed by atoms with Crippen molar-refractivity contribution in [3.8, 4) is 0 Å². The van der Waals surface area contributed by atoms with E-state index < -0.39 is 27.9 Å². The summed E-state index contributed by atoms with van der Waals surface area (Å²) in [6.45, 7) is 7.92. The van der Waals surface area contributed by atoms with Gasteiger partial charge >= 0.3 is 0 Å². The Morgan fingerprint density at radius 2 is 1.90 bits per heavy atom. The molecule has 9 nitrogen and oxygen atoms in total. The molecule has 31 heavy (non-hydrogen) atoms. The lowest BCUT2D eigenvalue weighted by molar-refractivity contribution is -0.128. The van der Waals surface area contributed by atoms with E-state index in [9.17, 15) is 18.0 Å². The standard InChI is InChI=1S/C21H30N4O5S/c1-14(2)18-19-16(25(21(18)27)31(4,28)29)7-8-24(19)20(26)17-6-5-15(22(17)3)13-23-9-11-30-12-10-23/h5-7,14,18-19H,8-13H2,1-4H3/t18-,19+/m0/s1. The Bertz CT molecular complexity index is 1020. The highest BCUT2D eigenvalue weighted by Gasteiger charge is 2.55. The van der Waals surface area contributed by atoms with E-state index >= 15 is 0 Å². The first kappa shape index (κ1) is 22.0. The van der Waals surface area contributed by atoms with Crippen LogP contribution in [0.4, 0.5) is 0 Å². The quantitative estimate of drug-likeness (QED) is 0.654. The van der Waals surface area contributed by atoms with Crippen molar-refractivity contribution < 1.29 is 22.7 Å². The average Bonchev–Trinajstić information content (AvgIpc) is 3.34. The molecule has 0 bridgehead atoms. The third-order valence-corrected chi connectivity index (χ3v) is 7.49. The zero-order valence-corrected chi connectivity index (χ0v) is 19.3. The van der Waals surface area contributed by atoms with Gasteiger partial charge in [-0.2, -0.15) is 0 Å². The Kier molecular flexibility index (Phi) is 5.74. The predicted molar refractivity (Wildman–Crippen MR) is 114 cm³/mol. The molecule has 0 unspecified atom stereocenters. The summed E-state index contributed by atoms with van der Waals surface area (Å²) in [5.41, 5.74) is 1.96. The molecular formula is C21H30N4O5S. The summed E-state index contributed by atoms with van der Waals surface area (Å²) in [7, 11) is -1.88. The van der Waals surface area contributed by atoms with Gasteiger partial charge in [-0.25, -0.2) is 12.7 Å². The molecule has 2 atom stereocenters. The van der Waals surface area contributed by atoms with Gasteiger partial charge in [0.05, 0.1) is 37.1 Å². The minimum atomic E-state index is -3.75. The lowest BCUT2D eigenvalue weighted by Gasteiger charge is -2.29. The first-order chi connectivity index (χ1) is 14.6. The molecule has 3 aliphatic rings. The maximum atomic E-state index is 13.5. The molecule has 4 heterocycles. The monoisotopic (exact) mass is 450 g/mol. The van der Waals surface area contributed by atoms with Crippen molar-refractivity contribution >= 4 is 21.8 Å². The number of morpholine rings is 1. The number of ether oxygens (including phenoxy) is 1. The third-order valence-electron chi connectivity index (χ3n) is 6.44. The molecule has 0 spiro atoms. The first-order valence-electron chi connectivity index (χ1n) is 10.6. The lowest BCUT2D eigenvalue weighted by Crippen LogP contribution is -2.43. The highest BCUT2D eigenvalue weighted by Crippen LogP contribution is 2.41. The predicted octanol–water partition coefficient (Wildman–Crippen LogP) is 0.640. The molecule has 2 fully saturated rings. The molecule has 3 aliphatic heterocycles. The topological polar surface area (TPSA) is 92.2 Å². The second-order valence-corrected chi connectivity index (χ2v) is 10.7. The van der Waals surface area contributed by atoms with Crippen LogP contribution in [0, 0.1) is 11.8 Å². The molecule has 1 aromatic heterocycles. The van der Waals surface area contributed by atoms with Crippen molar-refractivity contribution in [2.45, 2.75) is 26.4 Å². The second-order valence-electron chi connectivity index (χ2n) is 8.82. The number of aromatic nitrogens is 1. The fourth-order valence-electron chi connectivity index (χ4n) is 4.84. The molecule has 2 amide bonds. The van der Waals surface area contributed by atoms with E-state index in [1.165, 1.54) is 0 Å². The Hall–Kier alpha value is -2.17. The van der Waals surface area contributed by atoms with Gasteiger partial charge < -0.3 is 14.2 Å². The zero-order valence-electron chi connectivity index (χ0n) is 18.4. The molecule has 0 aromatic carbocycles. The minimum absolute atomic E-state index is 0.105. The fraction of sp³-hybridized carbons (Fsp3) is 0.619. The van der Waals surface area contributed by atoms with Crippen molar-refractivity contribution in [1.82, 2.24) is 18.7 Å². The maximum absolute atomic E-state index is 13.5. The Morgan fingerprint density at radius 1 is 1.23 bits per heavy atom. The van der Waals surface area contributed by atoms with Gasteiger partial charge in [-0.3, -0.25) is 14.5 Å². The van der Waals surface area contributed by atoms with E-state index in [2.05, 4.69) is 4.90 Å². The molecule has 2 saturated heterocycles. The summed E-state index contributed by atoms with van der Waals surface area (Å²) in [6.07, 6.45) is 2.73. The average molecular weight is 451 g/mol. The van der Waals surface area contributed by atoms with Crippen LogP contribution in [0.1, 0.15) is 30.0 Å². The van der Waals surface area contributed by atoms with Gasteiger partial charge in [0.2, 0.25) is 15.9 Å². The van der Waals surface area contributed by atoms with Crippen LogP contribution in [0.3, 0.4) is 0 Å². The third kappa shape index (κ3) is 3.81. The number of amides is 2. The largest absolute Gasteiger partial charge is 0.379 e. The molecule has 4 rings (SSSR count). The zero-order chi connectivity index (χ0) is 22.5. The van der Waals surface area contributed by atoms with Gasteiger partial charge in [-0.05, 0) is 24.1 Å². The smallest absolute Gasteiger partial charge is 0.271 e. The van der Waals surface area contributed by atoms with E-state index in [0.29, 0.717) is 24.6 Å². The second kappa shape index (κ2) is 8.07. The number of nitrogens with zero attached hydrogens (tertiary/aromatic N) is 4. The van der Waals surface area contributed by atoms with Crippen molar-refractivity contribution in [2.75, 3.05) is 39.1 Å². The number of carbonyl (C=O) groups is 2. The molecule has 0 radical (unpaired) electrons. The number of fused-ring (bicyclic) bond motifs is 1. The number of rotatable bonds is 5. The molecule has 10 heteroatoms. The Labute approximate surface area is 183 Å². The van der Waals surface area contributed by atoms with Gasteiger partial charge in [0.1, 0.15) is 5.69 Å². The van der Waals surface area contributed by atoms with Crippen LogP contribution in [0.5, 0.6) is 0 Å². The van der Waals surface area contributed by atoms with Crippen molar-refractivity contribution in [3.63, 3.8) is 0 Å². The summed E-state index contributed by atoms with van der Waals surface area (Å²) in [4.78, 5) is 30.4. The van der Waals surface area contributed by atoms with Crippen LogP contribution in [0.25, 0.3) is 0 Å². The number of carbonyl (C=O) groups excluding carboxylic acids is 2. The van der Waals surface area contributed by atoms with Crippen LogP contribution in [0.2, 0.25) is 0 Å². The van der Waals surface area contributed by atoms with Gasteiger partial charge in [-0.1, -0.05) is 13.8 Å². The van der Waals surface area contributed by atoms with Gasteiger partial charge in [0, 0.05) is 38.9 Å². The van der Waals surface area contributed by atoms with Crippen LogP contribution < -0.4 is 0 Å². The summed E-state index contributed by atoms with van der Waals surface area (Å²) >= 11 is 0. The Morgan fingerprint density at radius 3 is 2.52 bits per heavy atom. The SMILES string of the molecule is CC(C)[C@@H]1C(=O)N(S(C)(=O)=O)C2=CCN(C(=O)c3ccc(CN4CCOCC4)n3C)[C@H]21. The summed E-state index contributed by atoms with van der Waals surface area (Å²) < 4.78 is 32.8. The fourth-order valence-corrected chi connectivity index (χ4v) is 5.85. The summed E-state index contributed by atoms with van der Waals surface area (Å²) in [6, 6.07) is 3.20. The van der Waals surface area contributed by atoms with Crippen LogP contribution in [-0.2, 0) is 33.1 Å². The molecular weight excluding hydrogens is 420 g/mol. The normalized spacial score (nSPS) is 24.8. The van der Waals surface area contributed by atoms with E-state index in [-0.39, 0.29) is 18.4 Å². The van der Waals surface area contributed by atoms with Crippen molar-refractivity contribution in [3.05, 3.63) is 35.3 Å². The Balaban J connectivity index is 1.59. The number of sulfonamides is 1. The van der Waals surface area contributed by atoms with E-state index in [4.69, 9.17) is 4.74 Å². The maximum Gasteiger partial charge on any atom is 0.271 e. The lowest BCUT2D eigenvalue weighted by atomic mass is 9.89. The van der Waals surface area contributed by atoms with E-state index in [1.807, 2.05) is 37.6 Å². The molecule has 170 valence electrons. The first-order valence-corrected chi connectivity index (χ1v) is 12.5. The number of hydrogen-bond donors (Lipinski definition) is 0. The van der Waals surface area contributed by atoms with Crippen LogP contribution >= 0.6 is 0 Å². The molecule has 0 N–H and O–H groups in total. The minimum Gasteiger partial charge on any atom is -0.379 e.